The monoisotopic (exact) mass is 579 g/mol. The number of hydrogen-bond donors (Lipinski definition) is 0. The SMILES string of the molecule is COC(=O)CN1C(=S)N(c2ccc(OC)cc2)C(=O)/C1=C/c1cn(Cc2ccc(Cl)cc2Cl)c2ccccc12. The number of ether oxygens (including phenoxy) is 2. The van der Waals surface area contributed by atoms with Gasteiger partial charge in [0, 0.05) is 39.3 Å². The number of carbonyl (C=O) groups excluding carboxylic acids is 2. The Morgan fingerprint density at radius 1 is 1.03 bits per heavy atom. The smallest absolute Gasteiger partial charge is 0.325 e. The van der Waals surface area contributed by atoms with Gasteiger partial charge in [-0.25, -0.2) is 0 Å². The number of esters is 1. The topological polar surface area (TPSA) is 64.0 Å². The highest BCUT2D eigenvalue weighted by Crippen LogP contribution is 2.33. The number of para-hydroxylation sites is 1. The quantitative estimate of drug-likeness (QED) is 0.148. The number of thiocarbonyl (C=S) groups is 1. The number of hydrogen-bond acceptors (Lipinski definition) is 5. The number of nitrogens with zero attached hydrogens (tertiary/aromatic N) is 3. The predicted molar refractivity (Wildman–Crippen MR) is 157 cm³/mol. The van der Waals surface area contributed by atoms with E-state index in [1.54, 1.807) is 49.6 Å². The summed E-state index contributed by atoms with van der Waals surface area (Å²) in [5, 5.41) is 2.23. The summed E-state index contributed by atoms with van der Waals surface area (Å²) in [4.78, 5) is 29.0. The summed E-state index contributed by atoms with van der Waals surface area (Å²) in [6, 6.07) is 20.2. The van der Waals surface area contributed by atoms with E-state index in [2.05, 4.69) is 4.57 Å². The molecule has 1 amide bonds. The summed E-state index contributed by atoms with van der Waals surface area (Å²) in [6.45, 7) is 0.286. The van der Waals surface area contributed by atoms with Crippen molar-refractivity contribution in [1.29, 1.82) is 0 Å². The van der Waals surface area contributed by atoms with Crippen LogP contribution < -0.4 is 9.64 Å². The van der Waals surface area contributed by atoms with Crippen molar-refractivity contribution >= 4 is 75.1 Å². The number of benzene rings is 3. The van der Waals surface area contributed by atoms with Gasteiger partial charge >= 0.3 is 5.97 Å². The predicted octanol–water partition coefficient (Wildman–Crippen LogP) is 6.15. The fraction of sp³-hybridized carbons (Fsp3) is 0.138. The second kappa shape index (κ2) is 11.1. The molecule has 1 saturated heterocycles. The van der Waals surface area contributed by atoms with E-state index in [0.717, 1.165) is 22.0 Å². The number of methoxy groups -OCH3 is 2. The van der Waals surface area contributed by atoms with Crippen LogP contribution in [-0.2, 0) is 20.9 Å². The maximum Gasteiger partial charge on any atom is 0.325 e. The molecule has 0 radical (unpaired) electrons. The fourth-order valence-corrected chi connectivity index (χ4v) is 5.31. The molecule has 39 heavy (non-hydrogen) atoms. The van der Waals surface area contributed by atoms with Gasteiger partial charge < -0.3 is 18.9 Å². The highest BCUT2D eigenvalue weighted by Gasteiger charge is 2.40. The molecule has 0 unspecified atom stereocenters. The van der Waals surface area contributed by atoms with Crippen molar-refractivity contribution < 1.29 is 19.1 Å². The first-order valence-corrected chi connectivity index (χ1v) is 13.1. The average molecular weight is 580 g/mol. The first-order chi connectivity index (χ1) is 18.8. The molecule has 0 saturated carbocycles. The number of aromatic nitrogens is 1. The zero-order valence-corrected chi connectivity index (χ0v) is 23.4. The zero-order valence-electron chi connectivity index (χ0n) is 21.1. The van der Waals surface area contributed by atoms with Crippen molar-refractivity contribution in [1.82, 2.24) is 9.47 Å². The van der Waals surface area contributed by atoms with Crippen molar-refractivity contribution in [2.24, 2.45) is 0 Å². The van der Waals surface area contributed by atoms with E-state index in [4.69, 9.17) is 44.9 Å². The normalized spacial score (nSPS) is 14.5. The van der Waals surface area contributed by atoms with Crippen LogP contribution in [0.5, 0.6) is 5.75 Å². The van der Waals surface area contributed by atoms with Crippen molar-refractivity contribution in [2.75, 3.05) is 25.7 Å². The van der Waals surface area contributed by atoms with Gasteiger partial charge in [-0.2, -0.15) is 0 Å². The number of carbonyl (C=O) groups is 2. The van der Waals surface area contributed by atoms with Gasteiger partial charge in [-0.1, -0.05) is 47.5 Å². The first kappa shape index (κ1) is 26.7. The summed E-state index contributed by atoms with van der Waals surface area (Å²) in [5.41, 5.74) is 3.46. The summed E-state index contributed by atoms with van der Waals surface area (Å²) in [5.74, 6) is -0.230. The van der Waals surface area contributed by atoms with E-state index >= 15 is 0 Å². The molecule has 0 bridgehead atoms. The minimum atomic E-state index is -0.521. The van der Waals surface area contributed by atoms with Gasteiger partial charge in [0.15, 0.2) is 5.11 Å². The minimum absolute atomic E-state index is 0.179. The summed E-state index contributed by atoms with van der Waals surface area (Å²) in [6.07, 6.45) is 3.70. The molecule has 0 N–H and O–H groups in total. The Balaban J connectivity index is 1.59. The summed E-state index contributed by atoms with van der Waals surface area (Å²) < 4.78 is 12.2. The molecular weight excluding hydrogens is 557 g/mol. The van der Waals surface area contributed by atoms with Crippen LogP contribution in [0.2, 0.25) is 10.0 Å². The Kier molecular flexibility index (Phi) is 7.61. The molecule has 4 aromatic rings. The fourth-order valence-electron chi connectivity index (χ4n) is 4.49. The largest absolute Gasteiger partial charge is 0.497 e. The third-order valence-corrected chi connectivity index (χ3v) is 7.44. The lowest BCUT2D eigenvalue weighted by molar-refractivity contribution is -0.140. The van der Waals surface area contributed by atoms with Crippen LogP contribution >= 0.6 is 35.4 Å². The van der Waals surface area contributed by atoms with Crippen LogP contribution in [0.3, 0.4) is 0 Å². The molecule has 1 aliphatic rings. The van der Waals surface area contributed by atoms with Crippen LogP contribution in [0.1, 0.15) is 11.1 Å². The molecule has 1 fully saturated rings. The molecule has 0 aliphatic carbocycles. The lowest BCUT2D eigenvalue weighted by Gasteiger charge is -2.19. The van der Waals surface area contributed by atoms with Gasteiger partial charge in [0.1, 0.15) is 18.0 Å². The Labute approximate surface area is 240 Å². The molecular formula is C29H23Cl2N3O4S. The van der Waals surface area contributed by atoms with Gasteiger partial charge in [-0.3, -0.25) is 14.5 Å². The van der Waals surface area contributed by atoms with Crippen LogP contribution in [0, 0.1) is 0 Å². The van der Waals surface area contributed by atoms with Gasteiger partial charge in [0.25, 0.3) is 5.91 Å². The third kappa shape index (κ3) is 5.23. The van der Waals surface area contributed by atoms with E-state index in [1.807, 2.05) is 36.5 Å². The molecule has 3 aromatic carbocycles. The third-order valence-electron chi connectivity index (χ3n) is 6.45. The van der Waals surface area contributed by atoms with Crippen molar-refractivity contribution in [3.8, 4) is 5.75 Å². The van der Waals surface area contributed by atoms with E-state index in [0.29, 0.717) is 28.0 Å². The van der Waals surface area contributed by atoms with Crippen LogP contribution in [0.4, 0.5) is 5.69 Å². The Morgan fingerprint density at radius 3 is 2.46 bits per heavy atom. The Morgan fingerprint density at radius 2 is 1.77 bits per heavy atom. The van der Waals surface area contributed by atoms with E-state index in [1.165, 1.54) is 16.9 Å². The van der Waals surface area contributed by atoms with Gasteiger partial charge in [0.2, 0.25) is 0 Å². The molecule has 5 rings (SSSR count). The lowest BCUT2D eigenvalue weighted by atomic mass is 10.1. The molecule has 0 atom stereocenters. The van der Waals surface area contributed by atoms with Crippen molar-refractivity contribution in [2.45, 2.75) is 6.54 Å². The number of rotatable bonds is 7. The van der Waals surface area contributed by atoms with Crippen LogP contribution in [0.15, 0.2) is 78.6 Å². The molecule has 1 aromatic heterocycles. The second-order valence-electron chi connectivity index (χ2n) is 8.78. The van der Waals surface area contributed by atoms with Gasteiger partial charge in [-0.05, 0) is 66.3 Å². The molecule has 0 spiro atoms. The van der Waals surface area contributed by atoms with Gasteiger partial charge in [-0.15, -0.1) is 0 Å². The summed E-state index contributed by atoms with van der Waals surface area (Å²) in [7, 11) is 2.86. The first-order valence-electron chi connectivity index (χ1n) is 11.9. The highest BCUT2D eigenvalue weighted by molar-refractivity contribution is 7.80. The summed E-state index contributed by atoms with van der Waals surface area (Å²) >= 11 is 18.2. The standard InChI is InChI=1S/C29H23Cl2N3O4S/c1-37-22-11-9-21(10-12-22)34-28(36)26(33(29(34)39)17-27(35)38-2)13-19-16-32(25-6-4-3-5-23(19)25)15-18-7-8-20(30)14-24(18)31/h3-14,16H,15,17H2,1-2H3/b26-13-. The molecule has 2 heterocycles. The van der Waals surface area contributed by atoms with E-state index in [-0.39, 0.29) is 23.3 Å². The molecule has 7 nitrogen and oxygen atoms in total. The van der Waals surface area contributed by atoms with Gasteiger partial charge in [0.05, 0.1) is 19.9 Å². The maximum atomic E-state index is 13.8. The lowest BCUT2D eigenvalue weighted by Crippen LogP contribution is -2.35. The maximum absolute atomic E-state index is 13.8. The highest BCUT2D eigenvalue weighted by atomic mass is 35.5. The average Bonchev–Trinajstić information content (AvgIpc) is 3.39. The second-order valence-corrected chi connectivity index (χ2v) is 9.99. The Hall–Kier alpha value is -3.85. The minimum Gasteiger partial charge on any atom is -0.497 e. The Bertz CT molecular complexity index is 1630. The van der Waals surface area contributed by atoms with E-state index < -0.39 is 5.97 Å². The van der Waals surface area contributed by atoms with E-state index in [9.17, 15) is 9.59 Å². The number of amides is 1. The van der Waals surface area contributed by atoms with Crippen molar-refractivity contribution in [3.63, 3.8) is 0 Å². The van der Waals surface area contributed by atoms with Crippen molar-refractivity contribution in [3.05, 3.63) is 99.8 Å². The number of halogens is 2. The zero-order chi connectivity index (χ0) is 27.7. The molecule has 198 valence electrons. The molecule has 10 heteroatoms. The molecule has 1 aliphatic heterocycles. The van der Waals surface area contributed by atoms with Crippen LogP contribution in [0.25, 0.3) is 17.0 Å². The van der Waals surface area contributed by atoms with Crippen LogP contribution in [-0.4, -0.2) is 47.2 Å². The number of fused-ring (bicyclic) bond motifs is 1. The number of anilines is 1.